The summed E-state index contributed by atoms with van der Waals surface area (Å²) in [6.45, 7) is 2.02. The summed E-state index contributed by atoms with van der Waals surface area (Å²) in [5.74, 6) is -1.000. The molecular formula is C17H16N2O5. The van der Waals surface area contributed by atoms with Crippen molar-refractivity contribution in [2.75, 3.05) is 12.3 Å². The molecule has 0 radical (unpaired) electrons. The van der Waals surface area contributed by atoms with E-state index in [1.54, 1.807) is 37.3 Å². The molecule has 0 fully saturated rings. The van der Waals surface area contributed by atoms with E-state index in [-0.39, 0.29) is 17.0 Å². The Balaban J connectivity index is 2.49. The van der Waals surface area contributed by atoms with Crippen LogP contribution in [0.2, 0.25) is 0 Å². The number of hydrogen-bond donors (Lipinski definition) is 2. The van der Waals surface area contributed by atoms with Crippen LogP contribution in [0.15, 0.2) is 42.5 Å². The molecule has 3 N–H and O–H groups in total. The molecule has 0 amide bonds. The van der Waals surface area contributed by atoms with Gasteiger partial charge in [-0.25, -0.2) is 4.79 Å². The van der Waals surface area contributed by atoms with E-state index in [1.165, 1.54) is 18.2 Å². The SMILES string of the molecule is CCOc1ccc(/C=C(\C(=O)O)c2ccc(N)cc2)cc1[N+](=O)[O-]. The van der Waals surface area contributed by atoms with E-state index in [9.17, 15) is 20.0 Å². The van der Waals surface area contributed by atoms with Crippen molar-refractivity contribution in [3.63, 3.8) is 0 Å². The molecule has 0 aromatic heterocycles. The molecule has 0 saturated heterocycles. The fraction of sp³-hybridized carbons (Fsp3) is 0.118. The summed E-state index contributed by atoms with van der Waals surface area (Å²) < 4.78 is 5.21. The number of aliphatic carboxylic acids is 1. The van der Waals surface area contributed by atoms with Crippen LogP contribution in [0.5, 0.6) is 5.75 Å². The first-order chi connectivity index (χ1) is 11.4. The van der Waals surface area contributed by atoms with Gasteiger partial charge >= 0.3 is 11.7 Å². The molecule has 24 heavy (non-hydrogen) atoms. The number of nitro groups is 1. The van der Waals surface area contributed by atoms with Crippen LogP contribution in [0.1, 0.15) is 18.1 Å². The van der Waals surface area contributed by atoms with Crippen LogP contribution in [-0.4, -0.2) is 22.6 Å². The van der Waals surface area contributed by atoms with Gasteiger partial charge in [0, 0.05) is 11.8 Å². The van der Waals surface area contributed by atoms with Crippen molar-refractivity contribution in [1.29, 1.82) is 0 Å². The molecule has 0 atom stereocenters. The van der Waals surface area contributed by atoms with Crippen LogP contribution >= 0.6 is 0 Å². The molecule has 0 heterocycles. The molecule has 0 aliphatic carbocycles. The molecule has 124 valence electrons. The number of carboxylic acids is 1. The van der Waals surface area contributed by atoms with E-state index in [0.29, 0.717) is 23.4 Å². The number of carbonyl (C=O) groups is 1. The van der Waals surface area contributed by atoms with E-state index in [2.05, 4.69) is 0 Å². The lowest BCUT2D eigenvalue weighted by atomic mass is 10.0. The fourth-order valence-corrected chi connectivity index (χ4v) is 2.14. The second-order valence-electron chi connectivity index (χ2n) is 4.90. The number of carboxylic acid groups (broad SMARTS) is 1. The van der Waals surface area contributed by atoms with Gasteiger partial charge in [0.25, 0.3) is 0 Å². The summed E-state index contributed by atoms with van der Waals surface area (Å²) in [4.78, 5) is 22.1. The third kappa shape index (κ3) is 3.89. The Morgan fingerprint density at radius 3 is 2.50 bits per heavy atom. The van der Waals surface area contributed by atoms with Gasteiger partial charge in [-0.15, -0.1) is 0 Å². The zero-order valence-corrected chi connectivity index (χ0v) is 12.9. The third-order valence-electron chi connectivity index (χ3n) is 3.24. The summed E-state index contributed by atoms with van der Waals surface area (Å²) in [5, 5.41) is 20.6. The van der Waals surface area contributed by atoms with Crippen LogP contribution in [0.25, 0.3) is 11.6 Å². The number of anilines is 1. The first-order valence-corrected chi connectivity index (χ1v) is 7.14. The highest BCUT2D eigenvalue weighted by Crippen LogP contribution is 2.30. The molecule has 0 aliphatic rings. The summed E-state index contributed by atoms with van der Waals surface area (Å²) >= 11 is 0. The molecular weight excluding hydrogens is 312 g/mol. The van der Waals surface area contributed by atoms with Crippen molar-refractivity contribution in [2.24, 2.45) is 0 Å². The topological polar surface area (TPSA) is 116 Å². The predicted molar refractivity (Wildman–Crippen MR) is 90.6 cm³/mol. The average molecular weight is 328 g/mol. The summed E-state index contributed by atoms with van der Waals surface area (Å²) in [6, 6.07) is 10.6. The second kappa shape index (κ2) is 7.28. The monoisotopic (exact) mass is 328 g/mol. The molecule has 7 nitrogen and oxygen atoms in total. The number of rotatable bonds is 6. The number of ether oxygens (including phenoxy) is 1. The van der Waals surface area contributed by atoms with Crippen molar-refractivity contribution >= 4 is 29.0 Å². The maximum Gasteiger partial charge on any atom is 0.336 e. The van der Waals surface area contributed by atoms with Crippen molar-refractivity contribution < 1.29 is 19.6 Å². The van der Waals surface area contributed by atoms with Crippen LogP contribution in [-0.2, 0) is 4.79 Å². The second-order valence-corrected chi connectivity index (χ2v) is 4.90. The lowest BCUT2D eigenvalue weighted by Gasteiger charge is -2.06. The minimum Gasteiger partial charge on any atom is -0.487 e. The molecule has 0 bridgehead atoms. The van der Waals surface area contributed by atoms with E-state index in [1.807, 2.05) is 0 Å². The first-order valence-electron chi connectivity index (χ1n) is 7.14. The van der Waals surface area contributed by atoms with Gasteiger partial charge in [0.15, 0.2) is 5.75 Å². The minimum absolute atomic E-state index is 0.00783. The summed E-state index contributed by atoms with van der Waals surface area (Å²) in [6.07, 6.45) is 1.37. The molecule has 0 unspecified atom stereocenters. The van der Waals surface area contributed by atoms with Gasteiger partial charge in [-0.3, -0.25) is 10.1 Å². The van der Waals surface area contributed by atoms with Crippen molar-refractivity contribution in [2.45, 2.75) is 6.92 Å². The predicted octanol–water partition coefficient (Wildman–Crippen LogP) is 3.20. The number of nitro benzene ring substituents is 1. The lowest BCUT2D eigenvalue weighted by Crippen LogP contribution is -2.01. The van der Waals surface area contributed by atoms with Gasteiger partial charge in [-0.2, -0.15) is 0 Å². The van der Waals surface area contributed by atoms with E-state index in [4.69, 9.17) is 10.5 Å². The molecule has 0 aliphatic heterocycles. The molecule has 7 heteroatoms. The van der Waals surface area contributed by atoms with Crippen molar-refractivity contribution in [1.82, 2.24) is 0 Å². The van der Waals surface area contributed by atoms with Crippen molar-refractivity contribution in [3.8, 4) is 5.75 Å². The maximum absolute atomic E-state index is 11.5. The number of nitrogens with two attached hydrogens (primary N) is 1. The van der Waals surface area contributed by atoms with Gasteiger partial charge < -0.3 is 15.6 Å². The maximum atomic E-state index is 11.5. The van der Waals surface area contributed by atoms with E-state index >= 15 is 0 Å². The van der Waals surface area contributed by atoms with E-state index < -0.39 is 10.9 Å². The highest BCUT2D eigenvalue weighted by Gasteiger charge is 2.17. The highest BCUT2D eigenvalue weighted by molar-refractivity contribution is 6.20. The standard InChI is InChI=1S/C17H16N2O5/c1-2-24-16-8-3-11(10-15(16)19(22)23)9-14(17(20)21)12-4-6-13(18)7-5-12/h3-10H,2,18H2,1H3,(H,20,21)/b14-9-. The Morgan fingerprint density at radius 1 is 1.29 bits per heavy atom. The van der Waals surface area contributed by atoms with Gasteiger partial charge in [0.2, 0.25) is 0 Å². The Bertz CT molecular complexity index is 797. The Labute approximate surface area is 138 Å². The van der Waals surface area contributed by atoms with Gasteiger partial charge in [-0.1, -0.05) is 18.2 Å². The molecule has 2 aromatic rings. The van der Waals surface area contributed by atoms with Gasteiger partial charge in [-0.05, 0) is 42.3 Å². The summed E-state index contributed by atoms with van der Waals surface area (Å²) in [7, 11) is 0. The Kier molecular flexibility index (Phi) is 5.16. The number of hydrogen-bond acceptors (Lipinski definition) is 5. The van der Waals surface area contributed by atoms with Crippen LogP contribution < -0.4 is 10.5 Å². The molecule has 0 saturated carbocycles. The first kappa shape index (κ1) is 17.0. The zero-order chi connectivity index (χ0) is 17.7. The lowest BCUT2D eigenvalue weighted by molar-refractivity contribution is -0.385. The smallest absolute Gasteiger partial charge is 0.336 e. The molecule has 2 rings (SSSR count). The van der Waals surface area contributed by atoms with E-state index in [0.717, 1.165) is 0 Å². The zero-order valence-electron chi connectivity index (χ0n) is 12.9. The highest BCUT2D eigenvalue weighted by atomic mass is 16.6. The average Bonchev–Trinajstić information content (AvgIpc) is 2.54. The molecule has 0 spiro atoms. The fourth-order valence-electron chi connectivity index (χ4n) is 2.14. The third-order valence-corrected chi connectivity index (χ3v) is 3.24. The minimum atomic E-state index is -1.14. The van der Waals surface area contributed by atoms with Crippen molar-refractivity contribution in [3.05, 3.63) is 63.7 Å². The number of nitrogen functional groups attached to an aromatic ring is 1. The quantitative estimate of drug-likeness (QED) is 0.276. The molecule has 2 aromatic carbocycles. The largest absolute Gasteiger partial charge is 0.487 e. The summed E-state index contributed by atoms with van der Waals surface area (Å²) in [5.41, 5.74) is 6.75. The van der Waals surface area contributed by atoms with Crippen LogP contribution in [0, 0.1) is 10.1 Å². The number of benzene rings is 2. The normalized spacial score (nSPS) is 11.1. The Hall–Kier alpha value is -3.35. The Morgan fingerprint density at radius 2 is 1.96 bits per heavy atom. The van der Waals surface area contributed by atoms with Gasteiger partial charge in [0.05, 0.1) is 17.1 Å². The van der Waals surface area contributed by atoms with Gasteiger partial charge in [0.1, 0.15) is 0 Å². The number of nitrogens with zero attached hydrogens (tertiary/aromatic N) is 1. The van der Waals surface area contributed by atoms with Crippen LogP contribution in [0.4, 0.5) is 11.4 Å². The van der Waals surface area contributed by atoms with Crippen LogP contribution in [0.3, 0.4) is 0 Å².